The molecule has 1 aliphatic heterocycles. The monoisotopic (exact) mass is 373 g/mol. The van der Waals surface area contributed by atoms with Gasteiger partial charge in [0.2, 0.25) is 0 Å². The van der Waals surface area contributed by atoms with E-state index in [0.717, 1.165) is 16.7 Å². The number of amides is 1. The van der Waals surface area contributed by atoms with Gasteiger partial charge in [-0.2, -0.15) is 5.26 Å². The predicted octanol–water partition coefficient (Wildman–Crippen LogP) is 2.47. The van der Waals surface area contributed by atoms with Crippen LogP contribution in [0.4, 0.5) is 5.82 Å². The number of piperazine rings is 1. The number of carbonyl (C=O) groups is 1. The van der Waals surface area contributed by atoms with Gasteiger partial charge in [-0.1, -0.05) is 0 Å². The zero-order valence-electron chi connectivity index (χ0n) is 15.5. The van der Waals surface area contributed by atoms with E-state index in [0.29, 0.717) is 43.1 Å². The molecule has 0 bridgehead atoms. The molecule has 3 aromatic rings. The number of ether oxygens (including phenoxy) is 1. The van der Waals surface area contributed by atoms with Crippen molar-refractivity contribution >= 4 is 22.6 Å². The molecule has 140 valence electrons. The molecule has 0 radical (unpaired) electrons. The van der Waals surface area contributed by atoms with Crippen molar-refractivity contribution in [1.29, 1.82) is 5.26 Å². The quantitative estimate of drug-likeness (QED) is 0.701. The van der Waals surface area contributed by atoms with Crippen molar-refractivity contribution in [2.75, 3.05) is 38.2 Å². The van der Waals surface area contributed by atoms with Crippen LogP contribution in [0.1, 0.15) is 15.9 Å². The first-order chi connectivity index (χ1) is 13.7. The van der Waals surface area contributed by atoms with Gasteiger partial charge in [0, 0.05) is 49.5 Å². The molecule has 1 aliphatic rings. The van der Waals surface area contributed by atoms with Gasteiger partial charge in [-0.25, -0.2) is 4.98 Å². The molecule has 7 heteroatoms. The molecule has 0 saturated carbocycles. The lowest BCUT2D eigenvalue weighted by atomic mass is 10.1. The minimum atomic E-state index is 0.00104. The molecule has 4 rings (SSSR count). The fraction of sp³-hybridized carbons (Fsp3) is 0.238. The molecular formula is C21H19N5O2. The van der Waals surface area contributed by atoms with E-state index in [-0.39, 0.29) is 5.91 Å². The molecule has 1 fully saturated rings. The lowest BCUT2D eigenvalue weighted by molar-refractivity contribution is 0.0746. The van der Waals surface area contributed by atoms with Gasteiger partial charge in [0.05, 0.1) is 18.2 Å². The van der Waals surface area contributed by atoms with Gasteiger partial charge in [-0.15, -0.1) is 0 Å². The fourth-order valence-corrected chi connectivity index (χ4v) is 3.39. The molecule has 1 amide bonds. The number of hydrogen-bond donors (Lipinski definition) is 0. The maximum Gasteiger partial charge on any atom is 0.254 e. The molecule has 0 spiro atoms. The molecule has 0 aliphatic carbocycles. The van der Waals surface area contributed by atoms with Crippen LogP contribution >= 0.6 is 0 Å². The Bertz CT molecular complexity index is 1050. The minimum Gasteiger partial charge on any atom is -0.497 e. The third kappa shape index (κ3) is 3.32. The van der Waals surface area contributed by atoms with E-state index in [1.807, 2.05) is 29.2 Å². The standard InChI is InChI=1S/C21H19N5O2/c1-28-18-2-3-19-16(13-18)12-17(14-22)20(24-19)25-8-10-26(11-9-25)21(27)15-4-6-23-7-5-15/h2-7,12-13H,8-11H2,1H3. The zero-order chi connectivity index (χ0) is 19.5. The van der Waals surface area contributed by atoms with Crippen molar-refractivity contribution in [2.24, 2.45) is 0 Å². The van der Waals surface area contributed by atoms with Crippen molar-refractivity contribution in [3.8, 4) is 11.8 Å². The lowest BCUT2D eigenvalue weighted by Gasteiger charge is -2.35. The summed E-state index contributed by atoms with van der Waals surface area (Å²) in [5.41, 5.74) is 1.97. The van der Waals surface area contributed by atoms with Crippen molar-refractivity contribution in [2.45, 2.75) is 0 Å². The van der Waals surface area contributed by atoms with Crippen LogP contribution in [0.2, 0.25) is 0 Å². The summed E-state index contributed by atoms with van der Waals surface area (Å²) in [7, 11) is 1.61. The molecule has 0 unspecified atom stereocenters. The van der Waals surface area contributed by atoms with Gasteiger partial charge in [-0.05, 0) is 36.4 Å². The van der Waals surface area contributed by atoms with E-state index in [2.05, 4.69) is 16.0 Å². The Morgan fingerprint density at radius 3 is 2.54 bits per heavy atom. The van der Waals surface area contributed by atoms with E-state index in [1.165, 1.54) is 0 Å². The Labute approximate surface area is 162 Å². The second kappa shape index (κ2) is 7.53. The minimum absolute atomic E-state index is 0.00104. The van der Waals surface area contributed by atoms with Crippen molar-refractivity contribution < 1.29 is 9.53 Å². The average molecular weight is 373 g/mol. The van der Waals surface area contributed by atoms with Gasteiger partial charge in [0.15, 0.2) is 0 Å². The average Bonchev–Trinajstić information content (AvgIpc) is 2.78. The van der Waals surface area contributed by atoms with Gasteiger partial charge >= 0.3 is 0 Å². The highest BCUT2D eigenvalue weighted by atomic mass is 16.5. The summed E-state index contributed by atoms with van der Waals surface area (Å²) in [5.74, 6) is 1.39. The highest BCUT2D eigenvalue weighted by molar-refractivity contribution is 5.94. The molecule has 0 atom stereocenters. The Balaban J connectivity index is 1.55. The maximum atomic E-state index is 12.6. The lowest BCUT2D eigenvalue weighted by Crippen LogP contribution is -2.49. The van der Waals surface area contributed by atoms with Crippen molar-refractivity contribution in [1.82, 2.24) is 14.9 Å². The molecule has 7 nitrogen and oxygen atoms in total. The number of methoxy groups -OCH3 is 1. The van der Waals surface area contributed by atoms with E-state index in [1.54, 1.807) is 31.6 Å². The zero-order valence-corrected chi connectivity index (χ0v) is 15.5. The second-order valence-electron chi connectivity index (χ2n) is 6.55. The summed E-state index contributed by atoms with van der Waals surface area (Å²) in [5, 5.41) is 10.5. The van der Waals surface area contributed by atoms with Crippen LogP contribution in [0.25, 0.3) is 10.9 Å². The molecule has 28 heavy (non-hydrogen) atoms. The first-order valence-electron chi connectivity index (χ1n) is 9.03. The van der Waals surface area contributed by atoms with Gasteiger partial charge < -0.3 is 14.5 Å². The number of fused-ring (bicyclic) bond motifs is 1. The van der Waals surface area contributed by atoms with Crippen LogP contribution in [-0.4, -0.2) is 54.1 Å². The molecular weight excluding hydrogens is 354 g/mol. The number of carbonyl (C=O) groups excluding carboxylic acids is 1. The van der Waals surface area contributed by atoms with Crippen LogP contribution in [0.5, 0.6) is 5.75 Å². The van der Waals surface area contributed by atoms with Gasteiger partial charge in [0.1, 0.15) is 17.6 Å². The third-order valence-electron chi connectivity index (χ3n) is 4.92. The Morgan fingerprint density at radius 2 is 1.86 bits per heavy atom. The molecule has 0 N–H and O–H groups in total. The molecule has 1 saturated heterocycles. The number of benzene rings is 1. The second-order valence-corrected chi connectivity index (χ2v) is 6.55. The van der Waals surface area contributed by atoms with E-state index >= 15 is 0 Å². The molecule has 1 aromatic carbocycles. The first-order valence-corrected chi connectivity index (χ1v) is 9.03. The van der Waals surface area contributed by atoms with Crippen molar-refractivity contribution in [3.63, 3.8) is 0 Å². The van der Waals surface area contributed by atoms with Crippen LogP contribution in [-0.2, 0) is 0 Å². The topological polar surface area (TPSA) is 82.3 Å². The SMILES string of the molecule is COc1ccc2nc(N3CCN(C(=O)c4ccncc4)CC3)c(C#N)cc2c1. The summed E-state index contributed by atoms with van der Waals surface area (Å²) < 4.78 is 5.25. The summed E-state index contributed by atoms with van der Waals surface area (Å²) in [6, 6.07) is 13.2. The number of nitriles is 1. The number of nitrogens with zero attached hydrogens (tertiary/aromatic N) is 5. The number of pyridine rings is 2. The van der Waals surface area contributed by atoms with E-state index < -0.39 is 0 Å². The highest BCUT2D eigenvalue weighted by Crippen LogP contribution is 2.27. The maximum absolute atomic E-state index is 12.6. The number of rotatable bonds is 3. The van der Waals surface area contributed by atoms with Gasteiger partial charge in [-0.3, -0.25) is 9.78 Å². The Morgan fingerprint density at radius 1 is 1.11 bits per heavy atom. The Kier molecular flexibility index (Phi) is 4.77. The number of anilines is 1. The van der Waals surface area contributed by atoms with Crippen LogP contribution in [0.15, 0.2) is 48.8 Å². The van der Waals surface area contributed by atoms with Crippen molar-refractivity contribution in [3.05, 3.63) is 59.9 Å². The summed E-state index contributed by atoms with van der Waals surface area (Å²) >= 11 is 0. The molecule has 3 heterocycles. The van der Waals surface area contributed by atoms with Crippen LogP contribution < -0.4 is 9.64 Å². The molecule has 2 aromatic heterocycles. The van der Waals surface area contributed by atoms with Crippen LogP contribution in [0.3, 0.4) is 0 Å². The first kappa shape index (κ1) is 17.7. The summed E-state index contributed by atoms with van der Waals surface area (Å²) in [6.07, 6.45) is 3.24. The third-order valence-corrected chi connectivity index (χ3v) is 4.92. The van der Waals surface area contributed by atoms with E-state index in [9.17, 15) is 10.1 Å². The Hall–Kier alpha value is -3.66. The predicted molar refractivity (Wildman–Crippen MR) is 105 cm³/mol. The smallest absolute Gasteiger partial charge is 0.254 e. The van der Waals surface area contributed by atoms with E-state index in [4.69, 9.17) is 9.72 Å². The number of aromatic nitrogens is 2. The fourth-order valence-electron chi connectivity index (χ4n) is 3.39. The summed E-state index contributed by atoms with van der Waals surface area (Å²) in [6.45, 7) is 2.41. The van der Waals surface area contributed by atoms with Gasteiger partial charge in [0.25, 0.3) is 5.91 Å². The highest BCUT2D eigenvalue weighted by Gasteiger charge is 2.24. The normalized spacial score (nSPS) is 14.0. The summed E-state index contributed by atoms with van der Waals surface area (Å²) in [4.78, 5) is 25.2. The van der Waals surface area contributed by atoms with Crippen LogP contribution in [0, 0.1) is 11.3 Å². The number of hydrogen-bond acceptors (Lipinski definition) is 6. The largest absolute Gasteiger partial charge is 0.497 e.